The Morgan fingerprint density at radius 2 is 1.89 bits per heavy atom. The summed E-state index contributed by atoms with van der Waals surface area (Å²) in [5, 5.41) is 6.88. The first-order valence-corrected chi connectivity index (χ1v) is 7.20. The zero-order valence-electron chi connectivity index (χ0n) is 12.3. The summed E-state index contributed by atoms with van der Waals surface area (Å²) in [4.78, 5) is 18.5. The number of aromatic amines is 1. The largest absolute Gasteiger partial charge is 0.336 e. The van der Waals surface area contributed by atoms with Gasteiger partial charge in [-0.25, -0.2) is 4.98 Å². The summed E-state index contributed by atoms with van der Waals surface area (Å²) in [7, 11) is 0. The van der Waals surface area contributed by atoms with Gasteiger partial charge in [0.05, 0.1) is 0 Å². The molecule has 1 aliphatic heterocycles. The second-order valence-corrected chi connectivity index (χ2v) is 6.07. The Morgan fingerprint density at radius 3 is 2.37 bits per heavy atom. The Hall–Kier alpha value is -1.39. The number of nitrogens with one attached hydrogen (secondary N) is 1. The molecule has 0 atom stereocenters. The first-order valence-electron chi connectivity index (χ1n) is 7.20. The normalized spacial score (nSPS) is 17.5. The quantitative estimate of drug-likeness (QED) is 0.912. The Morgan fingerprint density at radius 1 is 1.26 bits per heavy atom. The first kappa shape index (κ1) is 14.0. The predicted molar refractivity (Wildman–Crippen MR) is 73.9 cm³/mol. The van der Waals surface area contributed by atoms with Gasteiger partial charge in [0, 0.05) is 19.0 Å². The Bertz CT molecular complexity index is 430. The number of nitrogens with zero attached hydrogens (tertiary/aromatic N) is 3. The van der Waals surface area contributed by atoms with E-state index >= 15 is 0 Å². The van der Waals surface area contributed by atoms with Crippen LogP contribution in [0.15, 0.2) is 0 Å². The van der Waals surface area contributed by atoms with Crippen LogP contribution in [0, 0.1) is 11.8 Å². The molecular weight excluding hydrogens is 240 g/mol. The molecule has 0 saturated carbocycles. The smallest absolute Gasteiger partial charge is 0.293 e. The van der Waals surface area contributed by atoms with Gasteiger partial charge >= 0.3 is 0 Å². The van der Waals surface area contributed by atoms with Crippen LogP contribution in [-0.4, -0.2) is 39.1 Å². The van der Waals surface area contributed by atoms with Gasteiger partial charge < -0.3 is 4.90 Å². The van der Waals surface area contributed by atoms with E-state index in [1.807, 2.05) is 18.7 Å². The van der Waals surface area contributed by atoms with Gasteiger partial charge in [0.25, 0.3) is 5.91 Å². The van der Waals surface area contributed by atoms with E-state index in [0.29, 0.717) is 11.7 Å². The van der Waals surface area contributed by atoms with Crippen molar-refractivity contribution in [1.29, 1.82) is 0 Å². The van der Waals surface area contributed by atoms with Gasteiger partial charge in [0.15, 0.2) is 0 Å². The lowest BCUT2D eigenvalue weighted by Gasteiger charge is -2.33. The van der Waals surface area contributed by atoms with Crippen molar-refractivity contribution in [2.75, 3.05) is 13.1 Å². The van der Waals surface area contributed by atoms with Crippen LogP contribution < -0.4 is 0 Å². The molecule has 0 spiro atoms. The molecule has 0 aliphatic carbocycles. The minimum atomic E-state index is -0.0367. The zero-order valence-corrected chi connectivity index (χ0v) is 12.3. The molecular formula is C14H24N4O. The van der Waals surface area contributed by atoms with Crippen LogP contribution in [0.2, 0.25) is 0 Å². The fourth-order valence-electron chi connectivity index (χ4n) is 2.54. The molecule has 106 valence electrons. The standard InChI is InChI=1S/C14H24N4O/c1-9(2)11-5-7-18(8-6-11)14(19)13-15-12(10(3)4)16-17-13/h9-11H,5-8H2,1-4H3,(H,15,16,17). The average molecular weight is 264 g/mol. The van der Waals surface area contributed by atoms with E-state index in [1.165, 1.54) is 0 Å². The minimum absolute atomic E-state index is 0.0367. The lowest BCUT2D eigenvalue weighted by atomic mass is 9.87. The van der Waals surface area contributed by atoms with Gasteiger partial charge in [0.1, 0.15) is 5.82 Å². The molecule has 2 rings (SSSR count). The topological polar surface area (TPSA) is 61.9 Å². The van der Waals surface area contributed by atoms with Gasteiger partial charge in [-0.15, -0.1) is 5.10 Å². The molecule has 5 heteroatoms. The number of likely N-dealkylation sites (tertiary alicyclic amines) is 1. The molecule has 1 aromatic heterocycles. The SMILES string of the molecule is CC(C)c1nc(C(=O)N2CCC(C(C)C)CC2)n[nH]1. The summed E-state index contributed by atoms with van der Waals surface area (Å²) < 4.78 is 0. The van der Waals surface area contributed by atoms with Crippen molar-refractivity contribution in [2.24, 2.45) is 11.8 Å². The van der Waals surface area contributed by atoms with Crippen LogP contribution in [-0.2, 0) is 0 Å². The number of carbonyl (C=O) groups excluding carboxylic acids is 1. The third kappa shape index (κ3) is 3.14. The fraction of sp³-hybridized carbons (Fsp3) is 0.786. The zero-order chi connectivity index (χ0) is 14.0. The summed E-state index contributed by atoms with van der Waals surface area (Å²) in [6.07, 6.45) is 2.18. The number of piperidine rings is 1. The summed E-state index contributed by atoms with van der Waals surface area (Å²) in [6, 6.07) is 0. The van der Waals surface area contributed by atoms with Crippen molar-refractivity contribution < 1.29 is 4.79 Å². The minimum Gasteiger partial charge on any atom is -0.336 e. The van der Waals surface area contributed by atoms with Crippen LogP contribution >= 0.6 is 0 Å². The number of hydrogen-bond acceptors (Lipinski definition) is 3. The summed E-state index contributed by atoms with van der Waals surface area (Å²) in [5.74, 6) is 2.76. The van der Waals surface area contributed by atoms with Crippen molar-refractivity contribution in [3.05, 3.63) is 11.6 Å². The highest BCUT2D eigenvalue weighted by molar-refractivity contribution is 5.90. The molecule has 0 unspecified atom stereocenters. The molecule has 1 amide bonds. The number of hydrogen-bond donors (Lipinski definition) is 1. The van der Waals surface area contributed by atoms with E-state index in [0.717, 1.165) is 37.7 Å². The highest BCUT2D eigenvalue weighted by atomic mass is 16.2. The summed E-state index contributed by atoms with van der Waals surface area (Å²) >= 11 is 0. The van der Waals surface area contributed by atoms with Crippen LogP contribution in [0.1, 0.15) is 62.9 Å². The Balaban J connectivity index is 1.97. The third-order valence-corrected chi connectivity index (χ3v) is 4.01. The maximum atomic E-state index is 12.3. The van der Waals surface area contributed by atoms with E-state index in [9.17, 15) is 4.79 Å². The molecule has 1 fully saturated rings. The molecule has 1 aliphatic rings. The summed E-state index contributed by atoms with van der Waals surface area (Å²) in [6.45, 7) is 10.2. The molecule has 0 aromatic carbocycles. The van der Waals surface area contributed by atoms with Gasteiger partial charge in [-0.05, 0) is 24.7 Å². The number of carbonyl (C=O) groups is 1. The molecule has 0 radical (unpaired) electrons. The van der Waals surface area contributed by atoms with E-state index < -0.39 is 0 Å². The first-order chi connectivity index (χ1) is 8.99. The number of amides is 1. The predicted octanol–water partition coefficient (Wildman–Crippen LogP) is 2.44. The summed E-state index contributed by atoms with van der Waals surface area (Å²) in [5.41, 5.74) is 0. The van der Waals surface area contributed by atoms with E-state index in [4.69, 9.17) is 0 Å². The molecule has 0 bridgehead atoms. The van der Waals surface area contributed by atoms with E-state index in [2.05, 4.69) is 29.0 Å². The highest BCUT2D eigenvalue weighted by Gasteiger charge is 2.27. The van der Waals surface area contributed by atoms with Crippen LogP contribution in [0.4, 0.5) is 0 Å². The van der Waals surface area contributed by atoms with Gasteiger partial charge in [0.2, 0.25) is 5.82 Å². The fourth-order valence-corrected chi connectivity index (χ4v) is 2.54. The van der Waals surface area contributed by atoms with Gasteiger partial charge in [-0.3, -0.25) is 9.89 Å². The van der Waals surface area contributed by atoms with Crippen molar-refractivity contribution in [1.82, 2.24) is 20.1 Å². The average Bonchev–Trinajstić information content (AvgIpc) is 2.87. The van der Waals surface area contributed by atoms with E-state index in [-0.39, 0.29) is 11.8 Å². The Labute approximate surface area is 114 Å². The molecule has 1 N–H and O–H groups in total. The van der Waals surface area contributed by atoms with Crippen molar-refractivity contribution >= 4 is 5.91 Å². The number of rotatable bonds is 3. The maximum Gasteiger partial charge on any atom is 0.293 e. The molecule has 2 heterocycles. The lowest BCUT2D eigenvalue weighted by molar-refractivity contribution is 0.0656. The maximum absolute atomic E-state index is 12.3. The van der Waals surface area contributed by atoms with Gasteiger partial charge in [-0.1, -0.05) is 27.7 Å². The van der Waals surface area contributed by atoms with E-state index in [1.54, 1.807) is 0 Å². The molecule has 1 saturated heterocycles. The van der Waals surface area contributed by atoms with Crippen LogP contribution in [0.25, 0.3) is 0 Å². The van der Waals surface area contributed by atoms with Crippen LogP contribution in [0.5, 0.6) is 0 Å². The molecule has 19 heavy (non-hydrogen) atoms. The van der Waals surface area contributed by atoms with Gasteiger partial charge in [-0.2, -0.15) is 0 Å². The number of aromatic nitrogens is 3. The van der Waals surface area contributed by atoms with Crippen molar-refractivity contribution in [3.63, 3.8) is 0 Å². The van der Waals surface area contributed by atoms with Crippen molar-refractivity contribution in [3.8, 4) is 0 Å². The Kier molecular flexibility index (Phi) is 4.22. The second-order valence-electron chi connectivity index (χ2n) is 6.07. The number of H-pyrrole nitrogens is 1. The second kappa shape index (κ2) is 5.72. The third-order valence-electron chi connectivity index (χ3n) is 4.01. The lowest BCUT2D eigenvalue weighted by Crippen LogP contribution is -2.40. The highest BCUT2D eigenvalue weighted by Crippen LogP contribution is 2.25. The van der Waals surface area contributed by atoms with Crippen molar-refractivity contribution in [2.45, 2.75) is 46.5 Å². The molecule has 1 aromatic rings. The van der Waals surface area contributed by atoms with Crippen LogP contribution in [0.3, 0.4) is 0 Å². The molecule has 5 nitrogen and oxygen atoms in total. The monoisotopic (exact) mass is 264 g/mol.